The zero-order valence-corrected chi connectivity index (χ0v) is 16.7. The van der Waals surface area contributed by atoms with Gasteiger partial charge in [0.05, 0.1) is 24.1 Å². The van der Waals surface area contributed by atoms with Crippen molar-refractivity contribution in [3.8, 4) is 5.69 Å². The molecule has 1 aromatic carbocycles. The summed E-state index contributed by atoms with van der Waals surface area (Å²) in [7, 11) is 1.68. The number of thioether (sulfide) groups is 1. The Labute approximate surface area is 162 Å². The SMILES string of the molecule is COC[C@H](C)n1c(C)cc(C(=O)CSc2nnnn2-c2ccccc2)c1C. The van der Waals surface area contributed by atoms with E-state index in [4.69, 9.17) is 4.74 Å². The van der Waals surface area contributed by atoms with Crippen LogP contribution >= 0.6 is 11.8 Å². The largest absolute Gasteiger partial charge is 0.383 e. The van der Waals surface area contributed by atoms with Crippen molar-refractivity contribution in [3.63, 3.8) is 0 Å². The molecular formula is C19H23N5O2S. The van der Waals surface area contributed by atoms with E-state index in [1.165, 1.54) is 11.8 Å². The summed E-state index contributed by atoms with van der Waals surface area (Å²) >= 11 is 1.34. The Hall–Kier alpha value is -2.45. The summed E-state index contributed by atoms with van der Waals surface area (Å²) in [6.07, 6.45) is 0. The molecule has 3 rings (SSSR count). The fourth-order valence-electron chi connectivity index (χ4n) is 3.26. The van der Waals surface area contributed by atoms with Crippen LogP contribution in [0.25, 0.3) is 5.69 Å². The zero-order chi connectivity index (χ0) is 19.4. The van der Waals surface area contributed by atoms with Crippen LogP contribution < -0.4 is 0 Å². The van der Waals surface area contributed by atoms with Gasteiger partial charge in [-0.2, -0.15) is 4.68 Å². The minimum absolute atomic E-state index is 0.0616. The number of aryl methyl sites for hydroxylation is 1. The van der Waals surface area contributed by atoms with Gasteiger partial charge in [0.25, 0.3) is 0 Å². The van der Waals surface area contributed by atoms with E-state index in [1.807, 2.05) is 50.2 Å². The fourth-order valence-corrected chi connectivity index (χ4v) is 4.04. The van der Waals surface area contributed by atoms with E-state index < -0.39 is 0 Å². The number of para-hydroxylation sites is 1. The summed E-state index contributed by atoms with van der Waals surface area (Å²) < 4.78 is 9.04. The van der Waals surface area contributed by atoms with Crippen LogP contribution in [0.3, 0.4) is 0 Å². The maximum atomic E-state index is 12.8. The van der Waals surface area contributed by atoms with E-state index >= 15 is 0 Å². The van der Waals surface area contributed by atoms with Crippen LogP contribution in [0.15, 0.2) is 41.6 Å². The van der Waals surface area contributed by atoms with E-state index in [-0.39, 0.29) is 17.6 Å². The molecule has 27 heavy (non-hydrogen) atoms. The molecule has 142 valence electrons. The summed E-state index contributed by atoms with van der Waals surface area (Å²) in [5.74, 6) is 0.336. The molecule has 0 spiro atoms. The zero-order valence-electron chi connectivity index (χ0n) is 15.9. The number of hydrogen-bond acceptors (Lipinski definition) is 6. The lowest BCUT2D eigenvalue weighted by Crippen LogP contribution is -2.14. The Morgan fingerprint density at radius 3 is 2.70 bits per heavy atom. The van der Waals surface area contributed by atoms with Crippen LogP contribution in [0.5, 0.6) is 0 Å². The van der Waals surface area contributed by atoms with E-state index in [9.17, 15) is 4.79 Å². The van der Waals surface area contributed by atoms with Crippen LogP contribution in [0.4, 0.5) is 0 Å². The average Bonchev–Trinajstić information content (AvgIpc) is 3.25. The average molecular weight is 385 g/mol. The first-order valence-corrected chi connectivity index (χ1v) is 9.68. The quantitative estimate of drug-likeness (QED) is 0.438. The molecule has 8 heteroatoms. The van der Waals surface area contributed by atoms with Gasteiger partial charge < -0.3 is 9.30 Å². The molecule has 0 unspecified atom stereocenters. The third kappa shape index (κ3) is 4.12. The summed E-state index contributed by atoms with van der Waals surface area (Å²) in [5, 5.41) is 12.4. The molecule has 0 aliphatic rings. The third-order valence-corrected chi connectivity index (χ3v) is 5.33. The lowest BCUT2D eigenvalue weighted by molar-refractivity contribution is 0.102. The molecule has 7 nitrogen and oxygen atoms in total. The second kappa shape index (κ2) is 8.49. The van der Waals surface area contributed by atoms with Gasteiger partial charge in [-0.15, -0.1) is 5.10 Å². The lowest BCUT2D eigenvalue weighted by Gasteiger charge is -2.17. The summed E-state index contributed by atoms with van der Waals surface area (Å²) in [6.45, 7) is 6.68. The fraction of sp³-hybridized carbons (Fsp3) is 0.368. The van der Waals surface area contributed by atoms with Gasteiger partial charge >= 0.3 is 0 Å². The van der Waals surface area contributed by atoms with Crippen LogP contribution in [0.1, 0.15) is 34.7 Å². The van der Waals surface area contributed by atoms with Crippen molar-refractivity contribution in [1.82, 2.24) is 24.8 Å². The summed E-state index contributed by atoms with van der Waals surface area (Å²) in [4.78, 5) is 12.8. The summed E-state index contributed by atoms with van der Waals surface area (Å²) in [5.41, 5.74) is 3.62. The van der Waals surface area contributed by atoms with Crippen molar-refractivity contribution in [2.24, 2.45) is 0 Å². The molecule has 0 bridgehead atoms. The van der Waals surface area contributed by atoms with Gasteiger partial charge in [-0.1, -0.05) is 30.0 Å². The minimum Gasteiger partial charge on any atom is -0.383 e. The van der Waals surface area contributed by atoms with Gasteiger partial charge in [0.1, 0.15) is 0 Å². The van der Waals surface area contributed by atoms with E-state index in [1.54, 1.807) is 11.8 Å². The topological polar surface area (TPSA) is 74.8 Å². The van der Waals surface area contributed by atoms with Crippen LogP contribution in [-0.2, 0) is 4.74 Å². The van der Waals surface area contributed by atoms with Gasteiger partial charge in [-0.25, -0.2) is 0 Å². The number of nitrogens with zero attached hydrogens (tertiary/aromatic N) is 5. The molecule has 0 N–H and O–H groups in total. The normalized spacial score (nSPS) is 12.3. The number of tetrazole rings is 1. The Balaban J connectivity index is 1.75. The first-order chi connectivity index (χ1) is 13.0. The standard InChI is InChI=1S/C19H23N5O2S/c1-13-10-17(15(3)23(13)14(2)11-26-4)18(25)12-27-19-20-21-22-24(19)16-8-6-5-7-9-16/h5-10,14H,11-12H2,1-4H3/t14-/m0/s1. The molecule has 0 fully saturated rings. The molecule has 2 heterocycles. The molecule has 0 saturated heterocycles. The van der Waals surface area contributed by atoms with Crippen molar-refractivity contribution in [2.75, 3.05) is 19.5 Å². The number of aromatic nitrogens is 5. The van der Waals surface area contributed by atoms with Gasteiger partial charge in [-0.3, -0.25) is 4.79 Å². The van der Waals surface area contributed by atoms with Crippen molar-refractivity contribution >= 4 is 17.5 Å². The van der Waals surface area contributed by atoms with Gasteiger partial charge in [0.15, 0.2) is 5.78 Å². The summed E-state index contributed by atoms with van der Waals surface area (Å²) in [6, 6.07) is 11.8. The number of rotatable bonds is 8. The first kappa shape index (κ1) is 19.3. The van der Waals surface area contributed by atoms with Crippen LogP contribution in [0, 0.1) is 13.8 Å². The Bertz CT molecular complexity index is 920. The highest BCUT2D eigenvalue weighted by molar-refractivity contribution is 7.99. The maximum Gasteiger partial charge on any atom is 0.214 e. The van der Waals surface area contributed by atoms with Crippen molar-refractivity contribution in [2.45, 2.75) is 32.0 Å². The molecule has 0 aliphatic carbocycles. The second-order valence-corrected chi connectivity index (χ2v) is 7.32. The Morgan fingerprint density at radius 1 is 1.26 bits per heavy atom. The van der Waals surface area contributed by atoms with Gasteiger partial charge in [0, 0.05) is 24.1 Å². The molecule has 1 atom stereocenters. The highest BCUT2D eigenvalue weighted by Crippen LogP contribution is 2.24. The number of carbonyl (C=O) groups is 1. The van der Waals surface area contributed by atoms with E-state index in [2.05, 4.69) is 27.0 Å². The van der Waals surface area contributed by atoms with Crippen LogP contribution in [-0.4, -0.2) is 50.0 Å². The number of benzene rings is 1. The Morgan fingerprint density at radius 2 is 2.00 bits per heavy atom. The monoisotopic (exact) mass is 385 g/mol. The molecule has 0 aliphatic heterocycles. The number of ether oxygens (including phenoxy) is 1. The predicted octanol–water partition coefficient (Wildman–Crippen LogP) is 3.26. The highest BCUT2D eigenvalue weighted by Gasteiger charge is 2.20. The van der Waals surface area contributed by atoms with E-state index in [0.717, 1.165) is 22.6 Å². The van der Waals surface area contributed by atoms with Gasteiger partial charge in [0.2, 0.25) is 5.16 Å². The van der Waals surface area contributed by atoms with Crippen molar-refractivity contribution in [1.29, 1.82) is 0 Å². The maximum absolute atomic E-state index is 12.8. The molecular weight excluding hydrogens is 362 g/mol. The number of methoxy groups -OCH3 is 1. The molecule has 0 saturated carbocycles. The number of ketones is 1. The van der Waals surface area contributed by atoms with Crippen molar-refractivity contribution in [3.05, 3.63) is 53.3 Å². The van der Waals surface area contributed by atoms with Crippen LogP contribution in [0.2, 0.25) is 0 Å². The minimum atomic E-state index is 0.0616. The Kier molecular flexibility index (Phi) is 6.08. The second-order valence-electron chi connectivity index (χ2n) is 6.38. The lowest BCUT2D eigenvalue weighted by atomic mass is 10.2. The third-order valence-electron chi connectivity index (χ3n) is 4.41. The number of Topliss-reactive ketones (excluding diaryl/α,β-unsaturated/α-hetero) is 1. The molecule has 3 aromatic rings. The molecule has 2 aromatic heterocycles. The number of carbonyl (C=O) groups excluding carboxylic acids is 1. The van der Waals surface area contributed by atoms with Gasteiger partial charge in [-0.05, 0) is 49.4 Å². The highest BCUT2D eigenvalue weighted by atomic mass is 32.2. The predicted molar refractivity (Wildman–Crippen MR) is 105 cm³/mol. The van der Waals surface area contributed by atoms with Crippen molar-refractivity contribution < 1.29 is 9.53 Å². The first-order valence-electron chi connectivity index (χ1n) is 8.70. The molecule has 0 radical (unpaired) electrons. The molecule has 0 amide bonds. The number of hydrogen-bond donors (Lipinski definition) is 0. The van der Waals surface area contributed by atoms with E-state index in [0.29, 0.717) is 11.8 Å². The smallest absolute Gasteiger partial charge is 0.214 e.